The summed E-state index contributed by atoms with van der Waals surface area (Å²) in [5, 5.41) is 12.0. The summed E-state index contributed by atoms with van der Waals surface area (Å²) in [6.07, 6.45) is 1.30. The van der Waals surface area contributed by atoms with Crippen molar-refractivity contribution in [1.82, 2.24) is 9.97 Å². The number of halogens is 2. The molecule has 1 amide bonds. The fourth-order valence-corrected chi connectivity index (χ4v) is 1.74. The number of nitrogens with one attached hydrogen (secondary N) is 1. The van der Waals surface area contributed by atoms with Gasteiger partial charge in [-0.15, -0.1) is 0 Å². The number of hydrogen-bond acceptors (Lipinski definition) is 4. The molecule has 1 aromatic heterocycles. The Bertz CT molecular complexity index is 620. The van der Waals surface area contributed by atoms with E-state index in [1.807, 2.05) is 0 Å². The summed E-state index contributed by atoms with van der Waals surface area (Å²) in [6.45, 7) is 0. The molecular formula is C12H9Cl2N3O2. The van der Waals surface area contributed by atoms with Crippen LogP contribution in [0.15, 0.2) is 30.6 Å². The Morgan fingerprint density at radius 3 is 2.84 bits per heavy atom. The lowest BCUT2D eigenvalue weighted by Crippen LogP contribution is -2.15. The average Bonchev–Trinajstić information content (AvgIpc) is 2.35. The van der Waals surface area contributed by atoms with Crippen LogP contribution in [0.25, 0.3) is 0 Å². The molecule has 0 aliphatic heterocycles. The third kappa shape index (κ3) is 3.56. The lowest BCUT2D eigenvalue weighted by Gasteiger charge is -2.06. The maximum Gasteiger partial charge on any atom is 0.229 e. The van der Waals surface area contributed by atoms with Crippen molar-refractivity contribution in [2.24, 2.45) is 0 Å². The van der Waals surface area contributed by atoms with Crippen LogP contribution < -0.4 is 5.32 Å². The molecule has 0 saturated heterocycles. The van der Waals surface area contributed by atoms with Crippen LogP contribution in [0, 0.1) is 0 Å². The summed E-state index contributed by atoms with van der Waals surface area (Å²) >= 11 is 11.6. The van der Waals surface area contributed by atoms with Crippen molar-refractivity contribution in [3.05, 3.63) is 46.3 Å². The highest BCUT2D eigenvalue weighted by atomic mass is 35.5. The normalized spacial score (nSPS) is 10.2. The first-order chi connectivity index (χ1) is 9.06. The minimum Gasteiger partial charge on any atom is -0.508 e. The molecule has 0 fully saturated rings. The van der Waals surface area contributed by atoms with Gasteiger partial charge in [0.2, 0.25) is 5.91 Å². The Morgan fingerprint density at radius 2 is 2.11 bits per heavy atom. The van der Waals surface area contributed by atoms with E-state index in [1.165, 1.54) is 18.5 Å². The number of anilines is 1. The number of aromatic nitrogens is 2. The van der Waals surface area contributed by atoms with Crippen LogP contribution in [-0.4, -0.2) is 21.0 Å². The van der Waals surface area contributed by atoms with Crippen LogP contribution in [0.4, 0.5) is 5.82 Å². The van der Waals surface area contributed by atoms with Gasteiger partial charge in [0.05, 0.1) is 6.42 Å². The van der Waals surface area contributed by atoms with E-state index in [0.29, 0.717) is 5.56 Å². The Morgan fingerprint density at radius 1 is 1.32 bits per heavy atom. The highest BCUT2D eigenvalue weighted by Gasteiger charge is 2.11. The molecule has 0 bridgehead atoms. The van der Waals surface area contributed by atoms with E-state index in [9.17, 15) is 9.90 Å². The molecule has 0 aliphatic carbocycles. The number of aromatic hydroxyl groups is 1. The van der Waals surface area contributed by atoms with E-state index >= 15 is 0 Å². The van der Waals surface area contributed by atoms with Crippen molar-refractivity contribution in [1.29, 1.82) is 0 Å². The lowest BCUT2D eigenvalue weighted by atomic mass is 10.1. The predicted molar refractivity (Wildman–Crippen MR) is 72.5 cm³/mol. The number of phenols is 1. The van der Waals surface area contributed by atoms with Crippen molar-refractivity contribution in [2.45, 2.75) is 6.42 Å². The topological polar surface area (TPSA) is 75.1 Å². The van der Waals surface area contributed by atoms with Gasteiger partial charge in [0.15, 0.2) is 11.0 Å². The van der Waals surface area contributed by atoms with E-state index < -0.39 is 0 Å². The van der Waals surface area contributed by atoms with Crippen LogP contribution in [0.3, 0.4) is 0 Å². The quantitative estimate of drug-likeness (QED) is 0.854. The molecule has 1 aromatic carbocycles. The highest BCUT2D eigenvalue weighted by molar-refractivity contribution is 6.42. The van der Waals surface area contributed by atoms with Crippen molar-refractivity contribution in [3.8, 4) is 5.75 Å². The highest BCUT2D eigenvalue weighted by Crippen LogP contribution is 2.25. The average molecular weight is 298 g/mol. The first-order valence-electron chi connectivity index (χ1n) is 5.30. The zero-order valence-electron chi connectivity index (χ0n) is 9.60. The zero-order chi connectivity index (χ0) is 13.8. The summed E-state index contributed by atoms with van der Waals surface area (Å²) in [5.74, 6) is -0.0532. The third-order valence-corrected chi connectivity index (χ3v) is 3.02. The Hall–Kier alpha value is -1.85. The molecule has 7 heteroatoms. The smallest absolute Gasteiger partial charge is 0.229 e. The number of phenolic OH excluding ortho intramolecular Hbond substituents is 1. The number of benzene rings is 1. The summed E-state index contributed by atoms with van der Waals surface area (Å²) in [7, 11) is 0. The first kappa shape index (κ1) is 13.6. The van der Waals surface area contributed by atoms with Gasteiger partial charge < -0.3 is 10.4 Å². The van der Waals surface area contributed by atoms with E-state index in [-0.39, 0.29) is 34.1 Å². The number of rotatable bonds is 3. The monoisotopic (exact) mass is 297 g/mol. The lowest BCUT2D eigenvalue weighted by molar-refractivity contribution is -0.115. The molecule has 2 rings (SSSR count). The SMILES string of the molecule is O=C(Cc1cccc(O)c1)Nc1ncnc(Cl)c1Cl. The fraction of sp³-hybridized carbons (Fsp3) is 0.0833. The minimum atomic E-state index is -0.317. The molecule has 0 unspecified atom stereocenters. The van der Waals surface area contributed by atoms with Crippen LogP contribution in [-0.2, 0) is 11.2 Å². The zero-order valence-corrected chi connectivity index (χ0v) is 11.1. The third-order valence-electron chi connectivity index (χ3n) is 2.28. The van der Waals surface area contributed by atoms with Gasteiger partial charge in [-0.2, -0.15) is 0 Å². The van der Waals surface area contributed by atoms with Crippen LogP contribution in [0.5, 0.6) is 5.75 Å². The van der Waals surface area contributed by atoms with Gasteiger partial charge >= 0.3 is 0 Å². The second-order valence-electron chi connectivity index (χ2n) is 3.72. The van der Waals surface area contributed by atoms with E-state index in [1.54, 1.807) is 12.1 Å². The maximum atomic E-state index is 11.8. The van der Waals surface area contributed by atoms with Gasteiger partial charge in [0, 0.05) is 0 Å². The Balaban J connectivity index is 2.08. The van der Waals surface area contributed by atoms with Crippen LogP contribution in [0.2, 0.25) is 10.2 Å². The van der Waals surface area contributed by atoms with Gasteiger partial charge in [-0.25, -0.2) is 9.97 Å². The summed E-state index contributed by atoms with van der Waals surface area (Å²) in [6, 6.07) is 6.43. The number of hydrogen-bond donors (Lipinski definition) is 2. The summed E-state index contributed by atoms with van der Waals surface area (Å²) in [5.41, 5.74) is 0.675. The van der Waals surface area contributed by atoms with Crippen molar-refractivity contribution in [2.75, 3.05) is 5.32 Å². The molecule has 5 nitrogen and oxygen atoms in total. The van der Waals surface area contributed by atoms with Gasteiger partial charge in [0.25, 0.3) is 0 Å². The second-order valence-corrected chi connectivity index (χ2v) is 4.46. The van der Waals surface area contributed by atoms with Gasteiger partial charge in [-0.3, -0.25) is 4.79 Å². The molecule has 19 heavy (non-hydrogen) atoms. The van der Waals surface area contributed by atoms with Crippen molar-refractivity contribution in [3.63, 3.8) is 0 Å². The van der Waals surface area contributed by atoms with Crippen LogP contribution >= 0.6 is 23.2 Å². The molecule has 0 atom stereocenters. The molecule has 0 aliphatic rings. The van der Waals surface area contributed by atoms with Gasteiger partial charge in [0.1, 0.15) is 17.1 Å². The summed E-state index contributed by atoms with van der Waals surface area (Å²) in [4.78, 5) is 19.3. The molecule has 0 radical (unpaired) electrons. The Kier molecular flexibility index (Phi) is 4.19. The molecule has 2 aromatic rings. The molecule has 98 valence electrons. The molecule has 0 saturated carbocycles. The van der Waals surface area contributed by atoms with Crippen molar-refractivity contribution < 1.29 is 9.90 Å². The Labute approximate surface area is 119 Å². The number of nitrogens with zero attached hydrogens (tertiary/aromatic N) is 2. The molecule has 0 spiro atoms. The van der Waals surface area contributed by atoms with E-state index in [4.69, 9.17) is 23.2 Å². The minimum absolute atomic E-state index is 0.0734. The number of carbonyl (C=O) groups excluding carboxylic acids is 1. The summed E-state index contributed by atoms with van der Waals surface area (Å²) < 4.78 is 0. The number of carbonyl (C=O) groups is 1. The van der Waals surface area contributed by atoms with E-state index in [0.717, 1.165) is 0 Å². The fourth-order valence-electron chi connectivity index (χ4n) is 1.46. The van der Waals surface area contributed by atoms with Crippen LogP contribution in [0.1, 0.15) is 5.56 Å². The first-order valence-corrected chi connectivity index (χ1v) is 6.05. The largest absolute Gasteiger partial charge is 0.508 e. The van der Waals surface area contributed by atoms with E-state index in [2.05, 4.69) is 15.3 Å². The second kappa shape index (κ2) is 5.86. The maximum absolute atomic E-state index is 11.8. The molecule has 1 heterocycles. The van der Waals surface area contributed by atoms with Gasteiger partial charge in [-0.05, 0) is 17.7 Å². The van der Waals surface area contributed by atoms with Crippen molar-refractivity contribution >= 4 is 34.9 Å². The number of amides is 1. The van der Waals surface area contributed by atoms with Gasteiger partial charge in [-0.1, -0.05) is 35.3 Å². The predicted octanol–water partition coefficient (Wildman–Crippen LogP) is 2.67. The molecular weight excluding hydrogens is 289 g/mol. The standard InChI is InChI=1S/C12H9Cl2N3O2/c13-10-11(14)15-6-16-12(10)17-9(19)5-7-2-1-3-8(18)4-7/h1-4,6,18H,5H2,(H,15,16,17,19). The molecule has 2 N–H and O–H groups in total.